The Morgan fingerprint density at radius 3 is 1.75 bits per heavy atom. The zero-order chi connectivity index (χ0) is 27.6. The van der Waals surface area contributed by atoms with Crippen LogP contribution in [-0.4, -0.2) is 4.98 Å². The van der Waals surface area contributed by atoms with Crippen molar-refractivity contribution in [3.63, 3.8) is 0 Å². The summed E-state index contributed by atoms with van der Waals surface area (Å²) in [7, 11) is 0. The quantitative estimate of drug-likeness (QED) is 0.166. The molecule has 3 heteroatoms. The predicted octanol–water partition coefficient (Wildman–Crippen LogP) is 9.36. The molecule has 0 aliphatic carbocycles. The van der Waals surface area contributed by atoms with Crippen molar-refractivity contribution >= 4 is 47.6 Å². The molecule has 0 radical (unpaired) electrons. The third-order valence-electron chi connectivity index (χ3n) is 8.00. The van der Waals surface area contributed by atoms with E-state index < -0.39 is 5.31 Å². The molecule has 6 aromatic rings. The monoisotopic (exact) mass is 601 g/mol. The average molecular weight is 603 g/mol. The standard InChI is InChI=1S/C37H33BrNP/c1-28(2)32-25-31-16-13-23-39-37(31)36(26-32)30-15-12-14-29(24-30)27-40(38,33-17-6-3-7-18-33,34-19-8-4-9-20-34)35-21-10-5-11-22-35/h3-26,28H,27H2,1-2H3. The number of halogens is 1. The van der Waals surface area contributed by atoms with Gasteiger partial charge in [0.2, 0.25) is 0 Å². The van der Waals surface area contributed by atoms with Gasteiger partial charge in [-0.1, -0.05) is 0 Å². The van der Waals surface area contributed by atoms with Gasteiger partial charge in [-0.3, -0.25) is 0 Å². The predicted molar refractivity (Wildman–Crippen MR) is 179 cm³/mol. The van der Waals surface area contributed by atoms with Crippen molar-refractivity contribution in [3.8, 4) is 11.1 Å². The summed E-state index contributed by atoms with van der Waals surface area (Å²) in [6.45, 7) is 4.51. The van der Waals surface area contributed by atoms with E-state index in [-0.39, 0.29) is 0 Å². The molecule has 198 valence electrons. The van der Waals surface area contributed by atoms with Gasteiger partial charge in [-0.15, -0.1) is 0 Å². The average Bonchev–Trinajstić information content (AvgIpc) is 3.02. The van der Waals surface area contributed by atoms with Gasteiger partial charge in [-0.25, -0.2) is 0 Å². The number of nitrogens with zero attached hydrogens (tertiary/aromatic N) is 1. The van der Waals surface area contributed by atoms with Crippen LogP contribution in [0.5, 0.6) is 0 Å². The van der Waals surface area contributed by atoms with Gasteiger partial charge < -0.3 is 0 Å². The van der Waals surface area contributed by atoms with E-state index >= 15 is 0 Å². The van der Waals surface area contributed by atoms with E-state index in [0.29, 0.717) is 5.92 Å². The summed E-state index contributed by atoms with van der Waals surface area (Å²) < 4.78 is 0. The first-order valence-corrected chi connectivity index (χ1v) is 18.3. The molecular formula is C37H33BrNP. The molecule has 1 aromatic heterocycles. The van der Waals surface area contributed by atoms with E-state index in [1.54, 1.807) is 0 Å². The van der Waals surface area contributed by atoms with E-state index in [2.05, 4.69) is 163 Å². The van der Waals surface area contributed by atoms with Gasteiger partial charge in [0.1, 0.15) is 0 Å². The van der Waals surface area contributed by atoms with E-state index in [4.69, 9.17) is 4.98 Å². The summed E-state index contributed by atoms with van der Waals surface area (Å²) in [5, 5.41) is 2.06. The molecular weight excluding hydrogens is 569 g/mol. The molecule has 0 spiro atoms. The van der Waals surface area contributed by atoms with Crippen LogP contribution in [0.2, 0.25) is 0 Å². The minimum absolute atomic E-state index is 0.436. The van der Waals surface area contributed by atoms with Crippen LogP contribution < -0.4 is 15.9 Å². The second kappa shape index (κ2) is 10.8. The topological polar surface area (TPSA) is 12.9 Å². The van der Waals surface area contributed by atoms with E-state index in [0.717, 1.165) is 11.7 Å². The second-order valence-electron chi connectivity index (χ2n) is 10.8. The fourth-order valence-electron chi connectivity index (χ4n) is 5.89. The molecule has 0 saturated heterocycles. The summed E-state index contributed by atoms with van der Waals surface area (Å²) >= 11 is 4.62. The third kappa shape index (κ3) is 4.60. The van der Waals surface area contributed by atoms with Crippen molar-refractivity contribution in [1.82, 2.24) is 4.98 Å². The van der Waals surface area contributed by atoms with Crippen molar-refractivity contribution in [3.05, 3.63) is 157 Å². The van der Waals surface area contributed by atoms with Crippen LogP contribution >= 0.6 is 20.8 Å². The van der Waals surface area contributed by atoms with Crippen molar-refractivity contribution < 1.29 is 0 Å². The molecule has 40 heavy (non-hydrogen) atoms. The number of benzene rings is 5. The fraction of sp³-hybridized carbons (Fsp3) is 0.108. The molecule has 5 aromatic carbocycles. The van der Waals surface area contributed by atoms with Crippen LogP contribution in [0.15, 0.2) is 146 Å². The molecule has 0 atom stereocenters. The Morgan fingerprint density at radius 1 is 0.625 bits per heavy atom. The van der Waals surface area contributed by atoms with Crippen LogP contribution in [0.25, 0.3) is 22.0 Å². The first-order valence-electron chi connectivity index (χ1n) is 13.8. The normalized spacial score (nSPS) is 12.8. The molecule has 0 amide bonds. The molecule has 0 saturated carbocycles. The van der Waals surface area contributed by atoms with E-state index in [1.807, 2.05) is 12.3 Å². The van der Waals surface area contributed by atoms with Gasteiger partial charge in [0.25, 0.3) is 0 Å². The molecule has 0 bridgehead atoms. The Bertz CT molecular complexity index is 1670. The maximum absolute atomic E-state index is 4.82. The summed E-state index contributed by atoms with van der Waals surface area (Å²) in [6.07, 6.45) is 2.75. The van der Waals surface area contributed by atoms with Crippen LogP contribution in [0.1, 0.15) is 30.9 Å². The number of rotatable bonds is 7. The molecule has 0 aliphatic heterocycles. The van der Waals surface area contributed by atoms with Crippen molar-refractivity contribution in [1.29, 1.82) is 0 Å². The van der Waals surface area contributed by atoms with E-state index in [1.165, 1.54) is 43.6 Å². The van der Waals surface area contributed by atoms with Gasteiger partial charge in [-0.2, -0.15) is 0 Å². The first-order chi connectivity index (χ1) is 19.5. The van der Waals surface area contributed by atoms with Crippen molar-refractivity contribution in [2.75, 3.05) is 0 Å². The Labute approximate surface area is 245 Å². The maximum atomic E-state index is 4.82. The van der Waals surface area contributed by atoms with Gasteiger partial charge in [-0.05, 0) is 0 Å². The van der Waals surface area contributed by atoms with Crippen molar-refractivity contribution in [2.45, 2.75) is 25.9 Å². The van der Waals surface area contributed by atoms with Gasteiger partial charge in [0.15, 0.2) is 0 Å². The molecule has 0 aliphatic rings. The number of hydrogen-bond acceptors (Lipinski definition) is 1. The van der Waals surface area contributed by atoms with Crippen LogP contribution in [0.3, 0.4) is 0 Å². The number of pyridine rings is 1. The number of aromatic nitrogens is 1. The Morgan fingerprint density at radius 2 is 1.20 bits per heavy atom. The zero-order valence-electron chi connectivity index (χ0n) is 22.9. The van der Waals surface area contributed by atoms with Crippen LogP contribution in [-0.2, 0) is 6.16 Å². The van der Waals surface area contributed by atoms with E-state index in [9.17, 15) is 0 Å². The number of fused-ring (bicyclic) bond motifs is 1. The molecule has 0 fully saturated rings. The molecule has 0 N–H and O–H groups in total. The second-order valence-corrected chi connectivity index (χ2v) is 19.8. The van der Waals surface area contributed by atoms with Gasteiger partial charge >= 0.3 is 246 Å². The molecule has 0 unspecified atom stereocenters. The summed E-state index contributed by atoms with van der Waals surface area (Å²) in [6, 6.07) is 51.0. The molecule has 1 nitrogen and oxygen atoms in total. The SMILES string of the molecule is CC(C)c1cc(-c2cccc(CP(Br)(c3ccccc3)(c3ccccc3)c3ccccc3)c2)c2ncccc2c1. The van der Waals surface area contributed by atoms with Crippen LogP contribution in [0.4, 0.5) is 0 Å². The zero-order valence-corrected chi connectivity index (χ0v) is 25.4. The number of hydrogen-bond donors (Lipinski definition) is 0. The fourth-order valence-corrected chi connectivity index (χ4v) is 13.6. The van der Waals surface area contributed by atoms with Crippen LogP contribution in [0, 0.1) is 0 Å². The minimum atomic E-state index is -3.10. The Balaban J connectivity index is 1.59. The van der Waals surface area contributed by atoms with Gasteiger partial charge in [0, 0.05) is 0 Å². The molecule has 1 heterocycles. The third-order valence-corrected chi connectivity index (χ3v) is 17.5. The summed E-state index contributed by atoms with van der Waals surface area (Å²) in [5.74, 6) is 0.436. The summed E-state index contributed by atoms with van der Waals surface area (Å²) in [5.41, 5.74) is 6.07. The van der Waals surface area contributed by atoms with Gasteiger partial charge in [0.05, 0.1) is 0 Å². The van der Waals surface area contributed by atoms with Crippen molar-refractivity contribution in [2.24, 2.45) is 0 Å². The Hall–Kier alpha value is -3.58. The Kier molecular flexibility index (Phi) is 7.17. The first kappa shape index (κ1) is 26.6. The summed E-state index contributed by atoms with van der Waals surface area (Å²) in [4.78, 5) is 4.82. The molecule has 6 rings (SSSR count).